The van der Waals surface area contributed by atoms with Gasteiger partial charge in [0, 0.05) is 19.3 Å². The molecule has 0 saturated carbocycles. The molecule has 1 aliphatic rings. The molecule has 1 unspecified atom stereocenters. The van der Waals surface area contributed by atoms with Crippen molar-refractivity contribution in [2.75, 3.05) is 36.9 Å². The van der Waals surface area contributed by atoms with Gasteiger partial charge in [0.2, 0.25) is 0 Å². The zero-order valence-electron chi connectivity index (χ0n) is 9.39. The smallest absolute Gasteiger partial charge is 0.152 e. The number of rotatable bonds is 2. The topological polar surface area (TPSA) is 71.6 Å². The van der Waals surface area contributed by atoms with Crippen molar-refractivity contribution in [3.8, 4) is 0 Å². The van der Waals surface area contributed by atoms with E-state index in [0.717, 1.165) is 17.9 Å². The van der Waals surface area contributed by atoms with Crippen LogP contribution in [0.3, 0.4) is 0 Å². The first-order valence-electron chi connectivity index (χ1n) is 5.41. The lowest BCUT2D eigenvalue weighted by Crippen LogP contribution is -2.44. The predicted molar refractivity (Wildman–Crippen MR) is 62.4 cm³/mol. The van der Waals surface area contributed by atoms with Gasteiger partial charge in [0.15, 0.2) is 5.82 Å². The van der Waals surface area contributed by atoms with Gasteiger partial charge in [-0.2, -0.15) is 0 Å². The summed E-state index contributed by atoms with van der Waals surface area (Å²) >= 11 is 0. The van der Waals surface area contributed by atoms with Crippen molar-refractivity contribution in [3.63, 3.8) is 0 Å². The molecule has 0 bridgehead atoms. The van der Waals surface area contributed by atoms with Gasteiger partial charge in [0.05, 0.1) is 25.0 Å². The normalized spacial score (nSPS) is 21.1. The quantitative estimate of drug-likeness (QED) is 0.748. The Hall–Kier alpha value is -1.33. The fourth-order valence-corrected chi connectivity index (χ4v) is 1.83. The van der Waals surface area contributed by atoms with Crippen molar-refractivity contribution in [1.29, 1.82) is 0 Å². The lowest BCUT2D eigenvalue weighted by atomic mass is 10.2. The number of nitrogens with two attached hydrogens (primary N) is 1. The Labute approximate surface area is 94.8 Å². The van der Waals surface area contributed by atoms with Crippen molar-refractivity contribution in [2.45, 2.75) is 13.0 Å². The number of nitrogen functional groups attached to an aromatic ring is 1. The van der Waals surface area contributed by atoms with E-state index in [2.05, 4.69) is 9.88 Å². The van der Waals surface area contributed by atoms with Crippen molar-refractivity contribution >= 4 is 11.5 Å². The van der Waals surface area contributed by atoms with E-state index in [4.69, 9.17) is 15.6 Å². The summed E-state index contributed by atoms with van der Waals surface area (Å²) in [6.45, 7) is 3.99. The third kappa shape index (κ3) is 2.10. The molecule has 0 aliphatic carbocycles. The fraction of sp³-hybridized carbons (Fsp3) is 0.545. The summed E-state index contributed by atoms with van der Waals surface area (Å²) in [5, 5.41) is 9.08. The Morgan fingerprint density at radius 1 is 1.69 bits per heavy atom. The summed E-state index contributed by atoms with van der Waals surface area (Å²) in [7, 11) is 0. The number of pyridine rings is 1. The molecule has 1 aliphatic heterocycles. The van der Waals surface area contributed by atoms with Crippen LogP contribution in [0.5, 0.6) is 0 Å². The molecule has 2 heterocycles. The molecule has 0 radical (unpaired) electrons. The average molecular weight is 223 g/mol. The van der Waals surface area contributed by atoms with Crippen molar-refractivity contribution in [1.82, 2.24) is 4.98 Å². The molecule has 1 atom stereocenters. The van der Waals surface area contributed by atoms with Crippen LogP contribution >= 0.6 is 0 Å². The highest BCUT2D eigenvalue weighted by atomic mass is 16.5. The monoisotopic (exact) mass is 223 g/mol. The zero-order chi connectivity index (χ0) is 11.5. The summed E-state index contributed by atoms with van der Waals surface area (Å²) in [4.78, 5) is 6.36. The number of aliphatic hydroxyl groups excluding tert-OH is 1. The molecular weight excluding hydrogens is 206 g/mol. The van der Waals surface area contributed by atoms with E-state index in [1.807, 2.05) is 13.0 Å². The maximum Gasteiger partial charge on any atom is 0.152 e. The Morgan fingerprint density at radius 2 is 2.50 bits per heavy atom. The van der Waals surface area contributed by atoms with Crippen LogP contribution in [-0.2, 0) is 4.74 Å². The molecule has 1 aromatic rings. The molecule has 3 N–H and O–H groups in total. The Morgan fingerprint density at radius 3 is 3.25 bits per heavy atom. The second kappa shape index (κ2) is 4.67. The number of nitrogens with zero attached hydrogens (tertiary/aromatic N) is 2. The maximum atomic E-state index is 9.08. The summed E-state index contributed by atoms with van der Waals surface area (Å²) in [5.41, 5.74) is 7.73. The van der Waals surface area contributed by atoms with Crippen LogP contribution in [0, 0.1) is 6.92 Å². The molecule has 0 spiro atoms. The minimum absolute atomic E-state index is 0.0300. The molecule has 1 aromatic heterocycles. The number of aliphatic hydroxyl groups is 1. The van der Waals surface area contributed by atoms with Gasteiger partial charge in [-0.15, -0.1) is 0 Å². The SMILES string of the molecule is Cc1ccnc(N2CCOC(CO)C2)c1N. The van der Waals surface area contributed by atoms with Gasteiger partial charge in [-0.1, -0.05) is 0 Å². The van der Waals surface area contributed by atoms with Gasteiger partial charge in [-0.25, -0.2) is 4.98 Å². The molecule has 1 saturated heterocycles. The molecular formula is C11H17N3O2. The molecule has 1 fully saturated rings. The van der Waals surface area contributed by atoms with E-state index in [0.29, 0.717) is 18.8 Å². The van der Waals surface area contributed by atoms with Crippen LogP contribution in [0.4, 0.5) is 11.5 Å². The summed E-state index contributed by atoms with van der Waals surface area (Å²) in [6, 6.07) is 1.89. The second-order valence-electron chi connectivity index (χ2n) is 3.99. The minimum atomic E-state index is -0.143. The van der Waals surface area contributed by atoms with E-state index in [-0.39, 0.29) is 12.7 Å². The van der Waals surface area contributed by atoms with E-state index < -0.39 is 0 Å². The average Bonchev–Trinajstić information content (AvgIpc) is 2.33. The van der Waals surface area contributed by atoms with E-state index in [1.165, 1.54) is 0 Å². The van der Waals surface area contributed by atoms with Gasteiger partial charge >= 0.3 is 0 Å². The van der Waals surface area contributed by atoms with Gasteiger partial charge < -0.3 is 20.5 Å². The molecule has 0 aromatic carbocycles. The Bertz CT molecular complexity index is 370. The van der Waals surface area contributed by atoms with Crippen LogP contribution in [-0.4, -0.2) is 42.5 Å². The molecule has 88 valence electrons. The number of anilines is 2. The van der Waals surface area contributed by atoms with Crippen LogP contribution in [0.2, 0.25) is 0 Å². The zero-order valence-corrected chi connectivity index (χ0v) is 9.39. The highest BCUT2D eigenvalue weighted by molar-refractivity contribution is 5.66. The number of hydrogen-bond acceptors (Lipinski definition) is 5. The van der Waals surface area contributed by atoms with Crippen LogP contribution < -0.4 is 10.6 Å². The number of hydrogen-bond donors (Lipinski definition) is 2. The summed E-state index contributed by atoms with van der Waals surface area (Å²) < 4.78 is 5.39. The minimum Gasteiger partial charge on any atom is -0.396 e. The number of morpholine rings is 1. The van der Waals surface area contributed by atoms with E-state index in [9.17, 15) is 0 Å². The first-order chi connectivity index (χ1) is 7.72. The fourth-order valence-electron chi connectivity index (χ4n) is 1.83. The number of ether oxygens (including phenoxy) is 1. The summed E-state index contributed by atoms with van der Waals surface area (Å²) in [5.74, 6) is 0.793. The van der Waals surface area contributed by atoms with Gasteiger partial charge in [-0.3, -0.25) is 0 Å². The molecule has 2 rings (SSSR count). The van der Waals surface area contributed by atoms with Crippen LogP contribution in [0.15, 0.2) is 12.3 Å². The second-order valence-corrected chi connectivity index (χ2v) is 3.99. The molecule has 5 heteroatoms. The number of aryl methyl sites for hydroxylation is 1. The first-order valence-corrected chi connectivity index (χ1v) is 5.41. The lowest BCUT2D eigenvalue weighted by molar-refractivity contribution is 0.00340. The van der Waals surface area contributed by atoms with E-state index in [1.54, 1.807) is 6.20 Å². The maximum absolute atomic E-state index is 9.08. The summed E-state index contributed by atoms with van der Waals surface area (Å²) in [6.07, 6.45) is 1.61. The highest BCUT2D eigenvalue weighted by Gasteiger charge is 2.22. The van der Waals surface area contributed by atoms with E-state index >= 15 is 0 Å². The Kier molecular flexibility index (Phi) is 3.26. The van der Waals surface area contributed by atoms with Gasteiger partial charge in [0.25, 0.3) is 0 Å². The third-order valence-corrected chi connectivity index (χ3v) is 2.83. The standard InChI is InChI=1S/C11H17N3O2/c1-8-2-3-13-11(10(8)12)14-4-5-16-9(6-14)7-15/h2-3,9,15H,4-7,12H2,1H3. The van der Waals surface area contributed by atoms with Crippen LogP contribution in [0.1, 0.15) is 5.56 Å². The Balaban J connectivity index is 2.20. The lowest BCUT2D eigenvalue weighted by Gasteiger charge is -2.33. The number of aromatic nitrogens is 1. The molecule has 0 amide bonds. The first kappa shape index (κ1) is 11.2. The van der Waals surface area contributed by atoms with Gasteiger partial charge in [-0.05, 0) is 18.6 Å². The highest BCUT2D eigenvalue weighted by Crippen LogP contribution is 2.24. The van der Waals surface area contributed by atoms with Crippen LogP contribution in [0.25, 0.3) is 0 Å². The third-order valence-electron chi connectivity index (χ3n) is 2.83. The van der Waals surface area contributed by atoms with Crippen molar-refractivity contribution < 1.29 is 9.84 Å². The largest absolute Gasteiger partial charge is 0.396 e. The van der Waals surface area contributed by atoms with Crippen molar-refractivity contribution in [2.24, 2.45) is 0 Å². The molecule has 5 nitrogen and oxygen atoms in total. The van der Waals surface area contributed by atoms with Crippen molar-refractivity contribution in [3.05, 3.63) is 17.8 Å². The van der Waals surface area contributed by atoms with Gasteiger partial charge in [0.1, 0.15) is 0 Å². The predicted octanol–water partition coefficient (Wildman–Crippen LogP) is 0.170. The molecule has 16 heavy (non-hydrogen) atoms.